The van der Waals surface area contributed by atoms with Gasteiger partial charge in [-0.3, -0.25) is 24.1 Å². The van der Waals surface area contributed by atoms with E-state index >= 15 is 0 Å². The summed E-state index contributed by atoms with van der Waals surface area (Å²) < 4.78 is 13.6. The quantitative estimate of drug-likeness (QED) is 0.239. The summed E-state index contributed by atoms with van der Waals surface area (Å²) in [5.74, 6) is -0.425. The van der Waals surface area contributed by atoms with Crippen LogP contribution in [0.25, 0.3) is 0 Å². The van der Waals surface area contributed by atoms with Crippen LogP contribution in [0.5, 0.6) is 5.75 Å². The van der Waals surface area contributed by atoms with Gasteiger partial charge in [0.2, 0.25) is 17.7 Å². The number of rotatable bonds is 7. The number of aliphatic hydroxyl groups is 1. The molecule has 2 bridgehead atoms. The predicted octanol–water partition coefficient (Wildman–Crippen LogP) is 1.80. The third-order valence-electron chi connectivity index (χ3n) is 8.11. The van der Waals surface area contributed by atoms with Gasteiger partial charge >= 0.3 is 0 Å². The van der Waals surface area contributed by atoms with E-state index in [0.717, 1.165) is 12.2 Å². The Bertz CT molecular complexity index is 1590. The largest absolute Gasteiger partial charge is 0.484 e. The second-order valence-corrected chi connectivity index (χ2v) is 14.1. The van der Waals surface area contributed by atoms with E-state index in [2.05, 4.69) is 36.4 Å². The Morgan fingerprint density at radius 1 is 0.961 bits per heavy atom. The number of hydrogen-bond donors (Lipinski definition) is 5. The number of aromatic nitrogens is 3. The van der Waals surface area contributed by atoms with Crippen molar-refractivity contribution in [1.82, 2.24) is 40.9 Å². The zero-order valence-corrected chi connectivity index (χ0v) is 30.5. The second kappa shape index (κ2) is 19.8. The number of aliphatic hydroxyl groups excluding tert-OH is 1. The minimum Gasteiger partial charge on any atom is -0.484 e. The van der Waals surface area contributed by atoms with Crippen molar-refractivity contribution in [3.8, 4) is 5.75 Å². The Morgan fingerprint density at radius 3 is 2.49 bits per heavy atom. The lowest BCUT2D eigenvalue weighted by atomic mass is 10.0. The van der Waals surface area contributed by atoms with Crippen LogP contribution < -0.4 is 26.0 Å². The SMILES string of the molecule is CC(C)C[C@H]1NC(=O)Cc2cccc(c2)OCC(=O)NCCCN(Cc2ccc(Sc3nncn3C)o2)CCCCNC(=O)[C@H]([C@@H](C)O)NC1=O. The molecule has 0 unspecified atom stereocenters. The van der Waals surface area contributed by atoms with E-state index in [9.17, 15) is 24.3 Å². The molecule has 1 aliphatic rings. The summed E-state index contributed by atoms with van der Waals surface area (Å²) in [6, 6.07) is 8.60. The maximum absolute atomic E-state index is 13.4. The Hall–Kier alpha value is -4.41. The highest BCUT2D eigenvalue weighted by Crippen LogP contribution is 2.27. The standard InChI is InChI=1S/C35H50N8O7S/c1-23(2)17-28-33(47)40-32(24(3)44)34(48)37-13-5-6-15-43(20-27-11-12-31(50-27)51-35-41-38-22-42(35)4)16-8-14-36-30(46)21-49-26-10-7-9-25(18-26)19-29(45)39-28/h7,9-12,18,22-24,28,32,44H,5-6,8,13-17,19-21H2,1-4H3,(H,36,46)(H,37,48)(H,39,45)(H,40,47)/t24-,28-,32+/m1/s1. The van der Waals surface area contributed by atoms with Gasteiger partial charge in [0.1, 0.15) is 29.9 Å². The minimum atomic E-state index is -1.19. The highest BCUT2D eigenvalue weighted by atomic mass is 32.2. The van der Waals surface area contributed by atoms with Gasteiger partial charge in [-0.25, -0.2) is 0 Å². The number of carbonyl (C=O) groups excluding carboxylic acids is 4. The van der Waals surface area contributed by atoms with Crippen LogP contribution in [0.3, 0.4) is 0 Å². The molecule has 0 fully saturated rings. The van der Waals surface area contributed by atoms with Gasteiger partial charge < -0.3 is 40.1 Å². The molecule has 0 saturated heterocycles. The van der Waals surface area contributed by atoms with Crippen LogP contribution in [0.1, 0.15) is 57.8 Å². The van der Waals surface area contributed by atoms with E-state index in [4.69, 9.17) is 9.15 Å². The molecular formula is C35H50N8O7S. The maximum Gasteiger partial charge on any atom is 0.257 e. The van der Waals surface area contributed by atoms with E-state index in [1.54, 1.807) is 30.6 Å². The van der Waals surface area contributed by atoms with Gasteiger partial charge in [0.15, 0.2) is 16.9 Å². The molecule has 0 spiro atoms. The fourth-order valence-corrected chi connectivity index (χ4v) is 6.24. The third kappa shape index (κ3) is 13.3. The van der Waals surface area contributed by atoms with Crippen molar-refractivity contribution in [2.75, 3.05) is 32.8 Å². The van der Waals surface area contributed by atoms with Crippen LogP contribution in [0, 0.1) is 5.92 Å². The molecule has 2 aromatic heterocycles. The first-order valence-corrected chi connectivity index (χ1v) is 18.1. The van der Waals surface area contributed by atoms with Crippen LogP contribution in [0.4, 0.5) is 0 Å². The number of benzene rings is 1. The first-order chi connectivity index (χ1) is 24.5. The van der Waals surface area contributed by atoms with Gasteiger partial charge in [-0.15, -0.1) is 10.2 Å². The number of carbonyl (C=O) groups is 4. The first-order valence-electron chi connectivity index (χ1n) is 17.3. The Kier molecular flexibility index (Phi) is 15.3. The van der Waals surface area contributed by atoms with E-state index < -0.39 is 30.0 Å². The summed E-state index contributed by atoms with van der Waals surface area (Å²) in [5.41, 5.74) is 0.640. The lowest BCUT2D eigenvalue weighted by Crippen LogP contribution is -2.57. The average Bonchev–Trinajstić information content (AvgIpc) is 3.70. The topological polar surface area (TPSA) is 193 Å². The number of nitrogens with zero attached hydrogens (tertiary/aromatic N) is 4. The summed E-state index contributed by atoms with van der Waals surface area (Å²) in [6.07, 6.45) is 2.85. The number of fused-ring (bicyclic) bond motifs is 2. The number of hydrogen-bond acceptors (Lipinski definition) is 11. The molecule has 1 aromatic carbocycles. The van der Waals surface area contributed by atoms with Crippen LogP contribution in [0.15, 0.2) is 57.4 Å². The van der Waals surface area contributed by atoms with Crippen LogP contribution >= 0.6 is 11.8 Å². The van der Waals surface area contributed by atoms with E-state index in [1.165, 1.54) is 18.7 Å². The Morgan fingerprint density at radius 2 is 1.75 bits per heavy atom. The monoisotopic (exact) mass is 726 g/mol. The number of aryl methyl sites for hydroxylation is 1. The number of furan rings is 1. The smallest absolute Gasteiger partial charge is 0.257 e. The first kappa shape index (κ1) is 39.4. The average molecular weight is 727 g/mol. The van der Waals surface area contributed by atoms with E-state index in [1.807, 2.05) is 37.6 Å². The fraction of sp³-hybridized carbons (Fsp3) is 0.543. The number of nitrogens with one attached hydrogen (secondary N) is 4. The second-order valence-electron chi connectivity index (χ2n) is 13.1. The zero-order chi connectivity index (χ0) is 36.8. The molecule has 1 aliphatic heterocycles. The molecule has 16 heteroatoms. The van der Waals surface area contributed by atoms with Gasteiger partial charge in [0.05, 0.1) is 19.1 Å². The van der Waals surface area contributed by atoms with Crippen molar-refractivity contribution in [3.63, 3.8) is 0 Å². The summed E-state index contributed by atoms with van der Waals surface area (Å²) in [5, 5.41) is 31.0. The summed E-state index contributed by atoms with van der Waals surface area (Å²) >= 11 is 1.38. The third-order valence-corrected chi connectivity index (χ3v) is 9.08. The number of ether oxygens (including phenoxy) is 1. The summed E-state index contributed by atoms with van der Waals surface area (Å²) in [6.45, 7) is 7.83. The Balaban J connectivity index is 1.44. The molecule has 4 rings (SSSR count). The fourth-order valence-electron chi connectivity index (χ4n) is 5.49. The lowest BCUT2D eigenvalue weighted by Gasteiger charge is -2.26. The molecule has 3 atom stereocenters. The zero-order valence-electron chi connectivity index (χ0n) is 29.7. The Labute approximate surface area is 302 Å². The van der Waals surface area contributed by atoms with Gasteiger partial charge in [-0.1, -0.05) is 26.0 Å². The lowest BCUT2D eigenvalue weighted by molar-refractivity contribution is -0.134. The predicted molar refractivity (Wildman–Crippen MR) is 190 cm³/mol. The van der Waals surface area contributed by atoms with Crippen molar-refractivity contribution in [2.24, 2.45) is 13.0 Å². The molecular weight excluding hydrogens is 677 g/mol. The van der Waals surface area contributed by atoms with Crippen LogP contribution in [0.2, 0.25) is 0 Å². The molecule has 5 N–H and O–H groups in total. The molecule has 15 nitrogen and oxygen atoms in total. The van der Waals surface area contributed by atoms with Crippen molar-refractivity contribution >= 4 is 35.4 Å². The van der Waals surface area contributed by atoms with E-state index in [0.29, 0.717) is 73.5 Å². The molecule has 0 radical (unpaired) electrons. The molecule has 51 heavy (non-hydrogen) atoms. The maximum atomic E-state index is 13.4. The number of amides is 4. The molecule has 0 aliphatic carbocycles. The van der Waals surface area contributed by atoms with Crippen molar-refractivity contribution < 1.29 is 33.4 Å². The van der Waals surface area contributed by atoms with Crippen LogP contribution in [-0.2, 0) is 39.2 Å². The van der Waals surface area contributed by atoms with Crippen molar-refractivity contribution in [1.29, 1.82) is 0 Å². The molecule has 278 valence electrons. The van der Waals surface area contributed by atoms with Gasteiger partial charge in [0.25, 0.3) is 5.91 Å². The molecule has 3 aromatic rings. The van der Waals surface area contributed by atoms with Crippen LogP contribution in [-0.4, -0.2) is 99.4 Å². The highest BCUT2D eigenvalue weighted by Gasteiger charge is 2.30. The molecule has 0 saturated carbocycles. The molecule has 3 heterocycles. The van der Waals surface area contributed by atoms with E-state index in [-0.39, 0.29) is 30.8 Å². The minimum absolute atomic E-state index is 0.0260. The summed E-state index contributed by atoms with van der Waals surface area (Å²) in [7, 11) is 1.86. The highest BCUT2D eigenvalue weighted by molar-refractivity contribution is 7.99. The van der Waals surface area contributed by atoms with Crippen molar-refractivity contribution in [2.45, 2.75) is 87.9 Å². The van der Waals surface area contributed by atoms with Crippen molar-refractivity contribution in [3.05, 3.63) is 54.0 Å². The van der Waals surface area contributed by atoms with Gasteiger partial charge in [0, 0.05) is 26.7 Å². The molecule has 4 amide bonds. The van der Waals surface area contributed by atoms with Gasteiger partial charge in [-0.2, -0.15) is 0 Å². The normalized spacial score (nSPS) is 20.4. The summed E-state index contributed by atoms with van der Waals surface area (Å²) in [4.78, 5) is 54.3. The van der Waals surface area contributed by atoms with Gasteiger partial charge in [-0.05, 0) is 86.7 Å².